The number of carboxylic acid groups (broad SMARTS) is 1. The number of rotatable bonds is 3. The summed E-state index contributed by atoms with van der Waals surface area (Å²) in [5.41, 5.74) is 3.92. The van der Waals surface area contributed by atoms with Crippen LogP contribution in [0.15, 0.2) is 35.4 Å². The van der Waals surface area contributed by atoms with Crippen molar-refractivity contribution in [2.24, 2.45) is 21.3 Å². The normalized spacial score (nSPS) is 35.1. The maximum atomic E-state index is 11.9. The van der Waals surface area contributed by atoms with Crippen LogP contribution in [0.25, 0.3) is 0 Å². The number of hydrogen-bond acceptors (Lipinski definition) is 3. The number of nitrogens with one attached hydrogen (secondary N) is 1. The number of anilines is 1. The van der Waals surface area contributed by atoms with E-state index in [4.69, 9.17) is 0 Å². The van der Waals surface area contributed by atoms with Gasteiger partial charge in [0.1, 0.15) is 0 Å². The van der Waals surface area contributed by atoms with Gasteiger partial charge in [0.2, 0.25) is 0 Å². The predicted octanol–water partition coefficient (Wildman–Crippen LogP) is 3.76. The quantitative estimate of drug-likeness (QED) is 0.832. The van der Waals surface area contributed by atoms with Crippen molar-refractivity contribution in [3.8, 4) is 0 Å². The van der Waals surface area contributed by atoms with Gasteiger partial charge >= 0.3 is 5.97 Å². The molecule has 2 N–H and O–H groups in total. The first-order chi connectivity index (χ1) is 9.83. The van der Waals surface area contributed by atoms with Crippen LogP contribution in [0.4, 0.5) is 5.69 Å². The van der Waals surface area contributed by atoms with Crippen LogP contribution in [0.2, 0.25) is 0 Å². The molecule has 4 nitrogen and oxygen atoms in total. The van der Waals surface area contributed by atoms with Crippen molar-refractivity contribution in [3.63, 3.8) is 0 Å². The third kappa shape index (κ3) is 1.68. The molecular formula is C17H22N2O2. The molecule has 0 saturated heterocycles. The fraction of sp³-hybridized carbons (Fsp3) is 0.529. The first kappa shape index (κ1) is 14.1. The summed E-state index contributed by atoms with van der Waals surface area (Å²) >= 11 is 0. The molecule has 2 aliphatic carbocycles. The second kappa shape index (κ2) is 4.33. The van der Waals surface area contributed by atoms with E-state index in [0.717, 1.165) is 24.2 Å². The Morgan fingerprint density at radius 2 is 1.86 bits per heavy atom. The first-order valence-electron chi connectivity index (χ1n) is 7.45. The number of fused-ring (bicyclic) bond motifs is 2. The number of aliphatic carboxylic acids is 1. The molecule has 1 aromatic carbocycles. The van der Waals surface area contributed by atoms with Crippen LogP contribution in [0.3, 0.4) is 0 Å². The summed E-state index contributed by atoms with van der Waals surface area (Å²) in [5.74, 6) is -0.680. The molecule has 3 rings (SSSR count). The Morgan fingerprint density at radius 3 is 2.43 bits per heavy atom. The average Bonchev–Trinajstić information content (AvgIpc) is 2.76. The van der Waals surface area contributed by atoms with Crippen molar-refractivity contribution in [2.75, 3.05) is 5.43 Å². The van der Waals surface area contributed by atoms with E-state index in [0.29, 0.717) is 6.42 Å². The second-order valence-electron chi connectivity index (χ2n) is 7.06. The van der Waals surface area contributed by atoms with E-state index in [9.17, 15) is 9.90 Å². The number of carboxylic acids is 1. The Labute approximate surface area is 125 Å². The molecule has 2 bridgehead atoms. The van der Waals surface area contributed by atoms with E-state index in [1.165, 1.54) is 0 Å². The van der Waals surface area contributed by atoms with Crippen LogP contribution in [-0.4, -0.2) is 16.8 Å². The highest BCUT2D eigenvalue weighted by molar-refractivity contribution is 6.01. The molecule has 21 heavy (non-hydrogen) atoms. The highest BCUT2D eigenvalue weighted by Gasteiger charge is 2.71. The maximum Gasteiger partial charge on any atom is 0.310 e. The van der Waals surface area contributed by atoms with Crippen molar-refractivity contribution < 1.29 is 9.90 Å². The van der Waals surface area contributed by atoms with Crippen LogP contribution >= 0.6 is 0 Å². The van der Waals surface area contributed by atoms with E-state index in [-0.39, 0.29) is 10.8 Å². The Morgan fingerprint density at radius 1 is 1.19 bits per heavy atom. The van der Waals surface area contributed by atoms with Crippen molar-refractivity contribution in [3.05, 3.63) is 30.3 Å². The number of hydrogen-bond donors (Lipinski definition) is 2. The Hall–Kier alpha value is -1.84. The summed E-state index contributed by atoms with van der Waals surface area (Å²) in [7, 11) is 0. The van der Waals surface area contributed by atoms with Crippen molar-refractivity contribution >= 4 is 17.4 Å². The molecule has 112 valence electrons. The minimum Gasteiger partial charge on any atom is -0.481 e. The molecule has 2 unspecified atom stereocenters. The lowest BCUT2D eigenvalue weighted by molar-refractivity contribution is -0.154. The van der Waals surface area contributed by atoms with Crippen LogP contribution in [0.1, 0.15) is 40.0 Å². The lowest BCUT2D eigenvalue weighted by atomic mass is 9.65. The topological polar surface area (TPSA) is 61.7 Å². The van der Waals surface area contributed by atoms with Gasteiger partial charge in [-0.05, 0) is 30.4 Å². The van der Waals surface area contributed by atoms with Gasteiger partial charge in [-0.1, -0.05) is 39.0 Å². The minimum atomic E-state index is -0.680. The molecule has 0 heterocycles. The molecule has 4 heteroatoms. The fourth-order valence-electron chi connectivity index (χ4n) is 4.17. The Bertz CT molecular complexity index is 608. The summed E-state index contributed by atoms with van der Waals surface area (Å²) < 4.78 is 0. The van der Waals surface area contributed by atoms with Crippen molar-refractivity contribution in [2.45, 2.75) is 40.0 Å². The molecule has 0 radical (unpaired) electrons. The van der Waals surface area contributed by atoms with Gasteiger partial charge in [0.05, 0.1) is 11.1 Å². The number of hydrazone groups is 1. The van der Waals surface area contributed by atoms with E-state index in [2.05, 4.69) is 31.3 Å². The molecule has 0 spiro atoms. The van der Waals surface area contributed by atoms with Gasteiger partial charge in [-0.15, -0.1) is 0 Å². The lowest BCUT2D eigenvalue weighted by Gasteiger charge is -2.37. The fourth-order valence-corrected chi connectivity index (χ4v) is 4.17. The molecule has 2 saturated carbocycles. The number of benzene rings is 1. The molecule has 1 aromatic rings. The van der Waals surface area contributed by atoms with Gasteiger partial charge in [-0.2, -0.15) is 5.10 Å². The van der Waals surface area contributed by atoms with Crippen molar-refractivity contribution in [1.29, 1.82) is 0 Å². The molecule has 2 aliphatic rings. The van der Waals surface area contributed by atoms with Gasteiger partial charge in [-0.25, -0.2) is 0 Å². The standard InChI is InChI=1S/C17H22N2O2/c1-15(2)16(3)9-10-17(15,14(20)21)11-13(16)19-18-12-7-5-4-6-8-12/h4-8,18H,9-11H2,1-3H3,(H,20,21)/b19-13+. The van der Waals surface area contributed by atoms with Gasteiger partial charge in [-0.3, -0.25) is 10.2 Å². The predicted molar refractivity (Wildman–Crippen MR) is 83.3 cm³/mol. The monoisotopic (exact) mass is 286 g/mol. The highest BCUT2D eigenvalue weighted by Crippen LogP contribution is 2.70. The lowest BCUT2D eigenvalue weighted by Crippen LogP contribution is -2.40. The largest absolute Gasteiger partial charge is 0.481 e. The molecular weight excluding hydrogens is 264 g/mol. The number of nitrogens with zero attached hydrogens (tertiary/aromatic N) is 1. The summed E-state index contributed by atoms with van der Waals surface area (Å²) in [6.07, 6.45) is 2.18. The third-order valence-electron chi connectivity index (χ3n) is 6.24. The van der Waals surface area contributed by atoms with Crippen LogP contribution < -0.4 is 5.43 Å². The second-order valence-corrected chi connectivity index (χ2v) is 7.06. The summed E-state index contributed by atoms with van der Waals surface area (Å²) in [6, 6.07) is 9.77. The SMILES string of the molecule is CC12CCC(C(=O)O)(C/C1=N\Nc1ccccc1)C2(C)C. The molecule has 2 atom stereocenters. The van der Waals surface area contributed by atoms with Gasteiger partial charge in [0.15, 0.2) is 0 Å². The van der Waals surface area contributed by atoms with Crippen LogP contribution in [-0.2, 0) is 4.79 Å². The summed E-state index contributed by atoms with van der Waals surface area (Å²) in [5, 5.41) is 14.3. The van der Waals surface area contributed by atoms with E-state index >= 15 is 0 Å². The summed E-state index contributed by atoms with van der Waals surface area (Å²) in [4.78, 5) is 11.9. The third-order valence-corrected chi connectivity index (χ3v) is 6.24. The average molecular weight is 286 g/mol. The summed E-state index contributed by atoms with van der Waals surface area (Å²) in [6.45, 7) is 6.33. The molecule has 2 fully saturated rings. The van der Waals surface area contributed by atoms with E-state index in [1.54, 1.807) is 0 Å². The minimum absolute atomic E-state index is 0.146. The van der Waals surface area contributed by atoms with Gasteiger partial charge in [0, 0.05) is 17.5 Å². The smallest absolute Gasteiger partial charge is 0.310 e. The zero-order valence-electron chi connectivity index (χ0n) is 12.8. The van der Waals surface area contributed by atoms with Crippen LogP contribution in [0.5, 0.6) is 0 Å². The molecule has 0 aliphatic heterocycles. The van der Waals surface area contributed by atoms with Crippen LogP contribution in [0, 0.1) is 16.2 Å². The molecule has 0 amide bonds. The van der Waals surface area contributed by atoms with E-state index < -0.39 is 11.4 Å². The zero-order chi connectivity index (χ0) is 15.3. The highest BCUT2D eigenvalue weighted by atomic mass is 16.4. The zero-order valence-corrected chi connectivity index (χ0v) is 12.8. The number of carbonyl (C=O) groups is 1. The van der Waals surface area contributed by atoms with E-state index in [1.807, 2.05) is 30.3 Å². The van der Waals surface area contributed by atoms with Crippen molar-refractivity contribution in [1.82, 2.24) is 0 Å². The first-order valence-corrected chi connectivity index (χ1v) is 7.45. The molecule has 0 aromatic heterocycles. The van der Waals surface area contributed by atoms with Gasteiger partial charge in [0.25, 0.3) is 0 Å². The van der Waals surface area contributed by atoms with Gasteiger partial charge < -0.3 is 5.11 Å². The maximum absolute atomic E-state index is 11.9. The number of para-hydroxylation sites is 1. The Kier molecular flexibility index (Phi) is 2.91. The Balaban J connectivity index is 1.94.